The number of halogens is 2. The van der Waals surface area contributed by atoms with Crippen LogP contribution < -0.4 is 0 Å². The topological polar surface area (TPSA) is 27.0 Å². The van der Waals surface area contributed by atoms with Crippen LogP contribution in [0, 0.1) is 11.3 Å². The molecule has 160 valence electrons. The summed E-state index contributed by atoms with van der Waals surface area (Å²) in [5.74, 6) is 0. The normalized spacial score (nSPS) is 17.6. The molecule has 0 N–H and O–H groups in total. The number of alkyl halides is 2. The third-order valence-electron chi connectivity index (χ3n) is 6.12. The summed E-state index contributed by atoms with van der Waals surface area (Å²) >= 11 is 13.7. The molecule has 0 aliphatic heterocycles. The van der Waals surface area contributed by atoms with Crippen LogP contribution in [-0.2, 0) is 22.7 Å². The summed E-state index contributed by atoms with van der Waals surface area (Å²) in [4.78, 5) is 2.28. The molecule has 0 aromatic heterocycles. The molecule has 4 rings (SSSR count). The van der Waals surface area contributed by atoms with E-state index >= 15 is 0 Å². The highest BCUT2D eigenvalue weighted by Crippen LogP contribution is 2.58. The molecule has 2 fully saturated rings. The maximum atomic E-state index is 7.32. The zero-order valence-electron chi connectivity index (χ0n) is 18.1. The molecule has 0 heterocycles. The lowest BCUT2D eigenvalue weighted by Crippen LogP contribution is -2.24. The summed E-state index contributed by atoms with van der Waals surface area (Å²) in [5.41, 5.74) is 5.52. The van der Waals surface area contributed by atoms with Crippen molar-refractivity contribution in [3.05, 3.63) is 70.8 Å². The molecule has 0 saturated heterocycles. The van der Waals surface area contributed by atoms with Crippen molar-refractivity contribution in [2.45, 2.75) is 68.7 Å². The highest BCUT2D eigenvalue weighted by molar-refractivity contribution is 6.27. The van der Waals surface area contributed by atoms with E-state index in [-0.39, 0.29) is 9.75 Å². The average Bonchev–Trinajstić information content (AvgIpc) is 3.68. The minimum absolute atomic E-state index is 0.123. The van der Waals surface area contributed by atoms with Gasteiger partial charge in [-0.05, 0) is 73.9 Å². The van der Waals surface area contributed by atoms with Gasteiger partial charge in [-0.3, -0.25) is 4.90 Å². The number of nitrogens with zero attached hydrogens (tertiary/aromatic N) is 2. The van der Waals surface area contributed by atoms with Crippen LogP contribution in [0.2, 0.25) is 0 Å². The van der Waals surface area contributed by atoms with E-state index in [1.807, 2.05) is 0 Å². The van der Waals surface area contributed by atoms with Gasteiger partial charge in [0.15, 0.2) is 0 Å². The van der Waals surface area contributed by atoms with E-state index in [0.717, 1.165) is 58.2 Å². The number of rotatable bonds is 9. The van der Waals surface area contributed by atoms with Crippen LogP contribution >= 0.6 is 23.2 Å². The summed E-state index contributed by atoms with van der Waals surface area (Å²) < 4.78 is 0. The molecule has 2 aromatic rings. The van der Waals surface area contributed by atoms with E-state index < -0.39 is 0 Å². The molecule has 4 heteroatoms. The Morgan fingerprint density at radius 1 is 0.933 bits per heavy atom. The van der Waals surface area contributed by atoms with Gasteiger partial charge in [0.05, 0.1) is 15.8 Å². The van der Waals surface area contributed by atoms with Crippen LogP contribution in [0.3, 0.4) is 0 Å². The van der Waals surface area contributed by atoms with E-state index in [2.05, 4.69) is 60.4 Å². The molecule has 0 bridgehead atoms. The monoisotopic (exact) mass is 442 g/mol. The van der Waals surface area contributed by atoms with Gasteiger partial charge in [-0.15, -0.1) is 23.2 Å². The molecule has 0 spiro atoms. The third kappa shape index (κ3) is 5.79. The van der Waals surface area contributed by atoms with Crippen molar-refractivity contribution in [2.75, 3.05) is 13.1 Å². The van der Waals surface area contributed by atoms with Crippen molar-refractivity contribution < 1.29 is 0 Å². The molecule has 2 aliphatic carbocycles. The Balaban J connectivity index is 0.000000806. The molecule has 2 saturated carbocycles. The van der Waals surface area contributed by atoms with Crippen LogP contribution in [0.15, 0.2) is 48.5 Å². The van der Waals surface area contributed by atoms with E-state index in [1.165, 1.54) is 29.2 Å². The molecule has 0 atom stereocenters. The minimum Gasteiger partial charge on any atom is -0.299 e. The third-order valence-corrected chi connectivity index (χ3v) is 7.28. The van der Waals surface area contributed by atoms with Gasteiger partial charge in [0.25, 0.3) is 0 Å². The van der Waals surface area contributed by atoms with E-state index in [9.17, 15) is 0 Å². The Kier molecular flexibility index (Phi) is 7.86. The van der Waals surface area contributed by atoms with Gasteiger partial charge in [-0.2, -0.15) is 5.26 Å². The lowest BCUT2D eigenvalue weighted by atomic mass is 9.91. The van der Waals surface area contributed by atoms with Gasteiger partial charge in [0, 0.05) is 13.5 Å². The van der Waals surface area contributed by atoms with Gasteiger partial charge in [-0.1, -0.05) is 55.5 Å². The number of hydrogen-bond acceptors (Lipinski definition) is 2. The van der Waals surface area contributed by atoms with Crippen molar-refractivity contribution in [2.24, 2.45) is 0 Å². The first-order chi connectivity index (χ1) is 14.5. The van der Waals surface area contributed by atoms with Crippen LogP contribution in [0.1, 0.15) is 68.2 Å². The summed E-state index contributed by atoms with van der Waals surface area (Å²) in [5, 5.41) is 7.32. The minimum atomic E-state index is -0.123. The molecular formula is C26H32Cl2N2. The standard InChI is InChI=1S/C24H29Cl2N.C2H3N/c1-2-27(18-19-8-4-3-5-9-19)17-7-10-20-21(23(25)13-14-23)11-6-12-22(20)24(26)15-16-24;1-2-3/h3-6,8-9,11-12H,2,7,10,13-18H2,1H3;1H3. The lowest BCUT2D eigenvalue weighted by molar-refractivity contribution is 0.276. The van der Waals surface area contributed by atoms with Crippen LogP contribution in [0.5, 0.6) is 0 Å². The summed E-state index contributed by atoms with van der Waals surface area (Å²) in [6.07, 6.45) is 6.58. The summed E-state index contributed by atoms with van der Waals surface area (Å²) in [6.45, 7) is 6.87. The molecule has 2 nitrogen and oxygen atoms in total. The highest BCUT2D eigenvalue weighted by atomic mass is 35.5. The lowest BCUT2D eigenvalue weighted by Gasteiger charge is -2.23. The molecule has 30 heavy (non-hydrogen) atoms. The Bertz CT molecular complexity index is 828. The fourth-order valence-corrected chi connectivity index (χ4v) is 4.67. The smallest absolute Gasteiger partial charge is 0.0699 e. The summed E-state index contributed by atoms with van der Waals surface area (Å²) in [7, 11) is 0. The fraction of sp³-hybridized carbons (Fsp3) is 0.500. The van der Waals surface area contributed by atoms with Crippen molar-refractivity contribution in [3.63, 3.8) is 0 Å². The molecular weight excluding hydrogens is 411 g/mol. The predicted molar refractivity (Wildman–Crippen MR) is 127 cm³/mol. The zero-order valence-corrected chi connectivity index (χ0v) is 19.6. The maximum Gasteiger partial charge on any atom is 0.0699 e. The second-order valence-corrected chi connectivity index (χ2v) is 9.89. The van der Waals surface area contributed by atoms with E-state index in [4.69, 9.17) is 28.5 Å². The Morgan fingerprint density at radius 2 is 1.47 bits per heavy atom. The first-order valence-electron chi connectivity index (χ1n) is 11.0. The molecule has 0 radical (unpaired) electrons. The van der Waals surface area contributed by atoms with Crippen molar-refractivity contribution in [1.82, 2.24) is 4.90 Å². The molecule has 2 aliphatic rings. The Morgan fingerprint density at radius 3 is 1.93 bits per heavy atom. The quantitative estimate of drug-likeness (QED) is 0.386. The first-order valence-corrected chi connectivity index (χ1v) is 11.8. The fourth-order valence-electron chi connectivity index (χ4n) is 4.12. The van der Waals surface area contributed by atoms with Crippen LogP contribution in [0.25, 0.3) is 0 Å². The summed E-state index contributed by atoms with van der Waals surface area (Å²) in [6, 6.07) is 19.1. The number of hydrogen-bond donors (Lipinski definition) is 0. The molecule has 0 unspecified atom stereocenters. The van der Waals surface area contributed by atoms with Gasteiger partial charge < -0.3 is 0 Å². The average molecular weight is 443 g/mol. The number of benzene rings is 2. The van der Waals surface area contributed by atoms with Gasteiger partial charge in [0.2, 0.25) is 0 Å². The molecule has 2 aromatic carbocycles. The predicted octanol–water partition coefficient (Wildman–Crippen LogP) is 7.13. The van der Waals surface area contributed by atoms with Crippen molar-refractivity contribution in [1.29, 1.82) is 5.26 Å². The highest BCUT2D eigenvalue weighted by Gasteiger charge is 2.48. The maximum absolute atomic E-state index is 7.32. The van der Waals surface area contributed by atoms with Crippen LogP contribution in [0.4, 0.5) is 0 Å². The second kappa shape index (κ2) is 10.2. The SMILES string of the molecule is CC#N.CCN(CCCc1c(C2(Cl)CC2)cccc1C1(Cl)CC1)Cc1ccccc1. The zero-order chi connectivity index (χ0) is 21.6. The van der Waals surface area contributed by atoms with Crippen molar-refractivity contribution in [3.8, 4) is 6.07 Å². The van der Waals surface area contributed by atoms with E-state index in [1.54, 1.807) is 6.07 Å². The van der Waals surface area contributed by atoms with E-state index in [0.29, 0.717) is 0 Å². The molecule has 0 amide bonds. The first kappa shape index (κ1) is 23.1. The van der Waals surface area contributed by atoms with Gasteiger partial charge >= 0.3 is 0 Å². The Hall–Kier alpha value is -1.53. The second-order valence-electron chi connectivity index (χ2n) is 8.44. The van der Waals surface area contributed by atoms with Gasteiger partial charge in [-0.25, -0.2) is 0 Å². The van der Waals surface area contributed by atoms with Crippen molar-refractivity contribution >= 4 is 23.2 Å². The van der Waals surface area contributed by atoms with Crippen LogP contribution in [-0.4, -0.2) is 18.0 Å². The number of nitriles is 1. The van der Waals surface area contributed by atoms with Gasteiger partial charge in [0.1, 0.15) is 0 Å². The largest absolute Gasteiger partial charge is 0.299 e. The Labute approximate surface area is 191 Å².